The van der Waals surface area contributed by atoms with Gasteiger partial charge in [-0.1, -0.05) is 0 Å². The summed E-state index contributed by atoms with van der Waals surface area (Å²) in [7, 11) is 1.85. The summed E-state index contributed by atoms with van der Waals surface area (Å²) in [5.74, 6) is 0.796. The second kappa shape index (κ2) is 3.85. The minimum absolute atomic E-state index is 0.631. The third kappa shape index (κ3) is 1.66. The zero-order chi connectivity index (χ0) is 9.97. The van der Waals surface area contributed by atoms with E-state index in [9.17, 15) is 0 Å². The second-order valence-electron chi connectivity index (χ2n) is 2.87. The largest absolute Gasteiger partial charge is 0.330 e. The minimum atomic E-state index is 0.631. The summed E-state index contributed by atoms with van der Waals surface area (Å²) < 4.78 is 1.71. The van der Waals surface area contributed by atoms with E-state index in [1.54, 1.807) is 16.0 Å². The van der Waals surface area contributed by atoms with E-state index in [1.807, 2.05) is 12.4 Å². The Kier molecular flexibility index (Phi) is 2.55. The van der Waals surface area contributed by atoms with Crippen LogP contribution >= 0.6 is 11.3 Å². The Morgan fingerprint density at radius 1 is 1.57 bits per heavy atom. The molecule has 0 aliphatic rings. The summed E-state index contributed by atoms with van der Waals surface area (Å²) in [4.78, 5) is 8.54. The topological polar surface area (TPSA) is 69.6 Å². The molecule has 0 saturated heterocycles. The van der Waals surface area contributed by atoms with Crippen molar-refractivity contribution in [2.75, 3.05) is 6.54 Å². The van der Waals surface area contributed by atoms with Crippen LogP contribution in [0.5, 0.6) is 0 Å². The number of nitrogens with zero attached hydrogens (tertiary/aromatic N) is 4. The van der Waals surface area contributed by atoms with Crippen molar-refractivity contribution in [3.05, 3.63) is 16.7 Å². The van der Waals surface area contributed by atoms with E-state index in [4.69, 9.17) is 5.73 Å². The lowest BCUT2D eigenvalue weighted by atomic mass is 10.4. The third-order valence-corrected chi connectivity index (χ3v) is 2.76. The van der Waals surface area contributed by atoms with Crippen molar-refractivity contribution in [1.82, 2.24) is 19.7 Å². The van der Waals surface area contributed by atoms with Crippen molar-refractivity contribution >= 4 is 11.3 Å². The normalized spacial score (nSPS) is 10.7. The van der Waals surface area contributed by atoms with E-state index in [0.717, 1.165) is 22.9 Å². The molecule has 0 atom stereocenters. The molecule has 74 valence electrons. The Labute approximate surface area is 85.6 Å². The molecule has 0 aromatic carbocycles. The number of thiazole rings is 1. The van der Waals surface area contributed by atoms with Gasteiger partial charge in [0, 0.05) is 18.8 Å². The Morgan fingerprint density at radius 2 is 2.43 bits per heavy atom. The van der Waals surface area contributed by atoms with Crippen LogP contribution in [0.3, 0.4) is 0 Å². The van der Waals surface area contributed by atoms with Crippen molar-refractivity contribution in [3.63, 3.8) is 0 Å². The van der Waals surface area contributed by atoms with Crippen LogP contribution in [0.1, 0.15) is 5.01 Å². The van der Waals surface area contributed by atoms with Gasteiger partial charge >= 0.3 is 0 Å². The van der Waals surface area contributed by atoms with Crippen molar-refractivity contribution in [3.8, 4) is 11.5 Å². The molecule has 0 fully saturated rings. The van der Waals surface area contributed by atoms with Crippen LogP contribution in [0, 0.1) is 0 Å². The molecule has 0 spiro atoms. The Hall–Kier alpha value is -1.27. The zero-order valence-electron chi connectivity index (χ0n) is 7.84. The Balaban J connectivity index is 2.29. The highest BCUT2D eigenvalue weighted by atomic mass is 32.1. The number of hydrogen-bond donors (Lipinski definition) is 1. The van der Waals surface area contributed by atoms with E-state index < -0.39 is 0 Å². The Bertz CT molecular complexity index is 419. The fourth-order valence-corrected chi connectivity index (χ4v) is 1.97. The molecule has 6 heteroatoms. The third-order valence-electron chi connectivity index (χ3n) is 1.85. The Morgan fingerprint density at radius 3 is 3.07 bits per heavy atom. The minimum Gasteiger partial charge on any atom is -0.330 e. The molecule has 2 rings (SSSR count). The highest BCUT2D eigenvalue weighted by Crippen LogP contribution is 2.18. The van der Waals surface area contributed by atoms with Gasteiger partial charge in [-0.2, -0.15) is 5.10 Å². The van der Waals surface area contributed by atoms with Gasteiger partial charge in [-0.25, -0.2) is 14.6 Å². The first-order valence-corrected chi connectivity index (χ1v) is 5.18. The summed E-state index contributed by atoms with van der Waals surface area (Å²) in [6.07, 6.45) is 2.35. The molecule has 2 aromatic heterocycles. The first-order chi connectivity index (χ1) is 6.81. The van der Waals surface area contributed by atoms with Crippen LogP contribution in [0.2, 0.25) is 0 Å². The van der Waals surface area contributed by atoms with Crippen LogP contribution < -0.4 is 5.73 Å². The molecule has 0 radical (unpaired) electrons. The maximum Gasteiger partial charge on any atom is 0.177 e. The van der Waals surface area contributed by atoms with Gasteiger partial charge in [0.15, 0.2) is 5.82 Å². The van der Waals surface area contributed by atoms with Gasteiger partial charge in [0.05, 0.1) is 5.01 Å². The highest BCUT2D eigenvalue weighted by Gasteiger charge is 2.08. The van der Waals surface area contributed by atoms with Crippen molar-refractivity contribution in [2.45, 2.75) is 6.42 Å². The number of hydrogen-bond acceptors (Lipinski definition) is 5. The van der Waals surface area contributed by atoms with Crippen LogP contribution in [-0.2, 0) is 13.5 Å². The van der Waals surface area contributed by atoms with Gasteiger partial charge in [0.1, 0.15) is 12.0 Å². The highest BCUT2D eigenvalue weighted by molar-refractivity contribution is 7.09. The van der Waals surface area contributed by atoms with Gasteiger partial charge in [-0.3, -0.25) is 0 Å². The summed E-state index contributed by atoms with van der Waals surface area (Å²) >= 11 is 1.61. The summed E-state index contributed by atoms with van der Waals surface area (Å²) in [5, 5.41) is 7.02. The first-order valence-electron chi connectivity index (χ1n) is 4.30. The molecule has 0 saturated carbocycles. The standard InChI is InChI=1S/C8H11N5S/c1-13-8(10-5-11-13)6-4-14-7(12-6)2-3-9/h4-5H,2-3,9H2,1H3. The van der Waals surface area contributed by atoms with Crippen molar-refractivity contribution in [1.29, 1.82) is 0 Å². The number of aromatic nitrogens is 4. The fourth-order valence-electron chi connectivity index (χ4n) is 1.18. The molecule has 5 nitrogen and oxygen atoms in total. The van der Waals surface area contributed by atoms with Crippen molar-refractivity contribution < 1.29 is 0 Å². The smallest absolute Gasteiger partial charge is 0.177 e. The fraction of sp³-hybridized carbons (Fsp3) is 0.375. The van der Waals surface area contributed by atoms with Crippen molar-refractivity contribution in [2.24, 2.45) is 12.8 Å². The van der Waals surface area contributed by atoms with E-state index in [1.165, 1.54) is 6.33 Å². The molecule has 0 unspecified atom stereocenters. The van der Waals surface area contributed by atoms with Crippen LogP contribution in [0.15, 0.2) is 11.7 Å². The monoisotopic (exact) mass is 209 g/mol. The predicted molar refractivity (Wildman–Crippen MR) is 54.9 cm³/mol. The van der Waals surface area contributed by atoms with E-state index in [-0.39, 0.29) is 0 Å². The van der Waals surface area contributed by atoms with Gasteiger partial charge < -0.3 is 5.73 Å². The second-order valence-corrected chi connectivity index (χ2v) is 3.82. The van der Waals surface area contributed by atoms with Crippen LogP contribution in [0.25, 0.3) is 11.5 Å². The van der Waals surface area contributed by atoms with E-state index in [0.29, 0.717) is 6.54 Å². The number of aryl methyl sites for hydroxylation is 1. The average molecular weight is 209 g/mol. The molecule has 2 N–H and O–H groups in total. The van der Waals surface area contributed by atoms with E-state index in [2.05, 4.69) is 15.1 Å². The van der Waals surface area contributed by atoms with E-state index >= 15 is 0 Å². The molecule has 2 aromatic rings. The predicted octanol–water partition coefficient (Wildman–Crippen LogP) is 0.440. The summed E-state index contributed by atoms with van der Waals surface area (Å²) in [5.41, 5.74) is 6.33. The number of rotatable bonds is 3. The molecule has 0 aliphatic carbocycles. The molecule has 0 aliphatic heterocycles. The summed E-state index contributed by atoms with van der Waals surface area (Å²) in [6, 6.07) is 0. The molecule has 0 bridgehead atoms. The molecular formula is C8H11N5S. The maximum atomic E-state index is 5.45. The molecule has 14 heavy (non-hydrogen) atoms. The number of nitrogens with two attached hydrogens (primary N) is 1. The quantitative estimate of drug-likeness (QED) is 0.796. The molecule has 2 heterocycles. The first kappa shape index (κ1) is 9.29. The SMILES string of the molecule is Cn1ncnc1-c1csc(CCN)n1. The maximum absolute atomic E-state index is 5.45. The lowest BCUT2D eigenvalue weighted by molar-refractivity contribution is 0.772. The lowest BCUT2D eigenvalue weighted by Crippen LogP contribution is -2.02. The molecular weight excluding hydrogens is 198 g/mol. The zero-order valence-corrected chi connectivity index (χ0v) is 8.66. The van der Waals surface area contributed by atoms with Gasteiger partial charge in [-0.15, -0.1) is 11.3 Å². The molecule has 0 amide bonds. The lowest BCUT2D eigenvalue weighted by Gasteiger charge is -1.93. The van der Waals surface area contributed by atoms with Crippen LogP contribution in [-0.4, -0.2) is 26.3 Å². The summed E-state index contributed by atoms with van der Waals surface area (Å²) in [6.45, 7) is 0.631. The van der Waals surface area contributed by atoms with Crippen LogP contribution in [0.4, 0.5) is 0 Å². The average Bonchev–Trinajstić information content (AvgIpc) is 2.74. The van der Waals surface area contributed by atoms with Gasteiger partial charge in [0.25, 0.3) is 0 Å². The van der Waals surface area contributed by atoms with Gasteiger partial charge in [0.2, 0.25) is 0 Å². The van der Waals surface area contributed by atoms with Gasteiger partial charge in [-0.05, 0) is 6.54 Å².